The number of terminal acetylenes is 2. The molecule has 2 atom stereocenters. The van der Waals surface area contributed by atoms with E-state index in [-0.39, 0.29) is 24.4 Å². The number of carbonyl (C=O) groups is 2. The molecule has 114 valence electrons. The van der Waals surface area contributed by atoms with Gasteiger partial charge >= 0.3 is 11.9 Å². The first-order chi connectivity index (χ1) is 10.3. The normalized spacial score (nSPS) is 28.7. The maximum Gasteiger partial charge on any atom is 0.338 e. The van der Waals surface area contributed by atoms with Crippen LogP contribution in [0.4, 0.5) is 0 Å². The van der Waals surface area contributed by atoms with Crippen LogP contribution in [-0.4, -0.2) is 36.4 Å². The van der Waals surface area contributed by atoms with E-state index in [1.54, 1.807) is 19.9 Å². The summed E-state index contributed by atoms with van der Waals surface area (Å²) in [6.45, 7) is 4.84. The van der Waals surface area contributed by atoms with Gasteiger partial charge in [0.05, 0.1) is 11.1 Å². The maximum atomic E-state index is 12.3. The van der Waals surface area contributed by atoms with Crippen LogP contribution in [0.3, 0.4) is 0 Å². The van der Waals surface area contributed by atoms with Gasteiger partial charge in [-0.3, -0.25) is 0 Å². The van der Waals surface area contributed by atoms with Crippen LogP contribution in [0.25, 0.3) is 0 Å². The lowest BCUT2D eigenvalue weighted by atomic mass is 9.79. The molecule has 0 aromatic heterocycles. The van der Waals surface area contributed by atoms with Crippen LogP contribution in [0.5, 0.6) is 0 Å². The molecule has 22 heavy (non-hydrogen) atoms. The van der Waals surface area contributed by atoms with E-state index in [1.165, 1.54) is 0 Å². The molecule has 5 heteroatoms. The zero-order chi connectivity index (χ0) is 16.5. The fourth-order valence-electron chi connectivity index (χ4n) is 2.90. The lowest BCUT2D eigenvalue weighted by Gasteiger charge is -2.24. The van der Waals surface area contributed by atoms with E-state index in [2.05, 4.69) is 11.8 Å². The smallest absolute Gasteiger partial charge is 0.338 e. The first kappa shape index (κ1) is 15.9. The minimum absolute atomic E-state index is 0.109. The van der Waals surface area contributed by atoms with Crippen LogP contribution in [-0.2, 0) is 23.8 Å². The molecule has 2 bridgehead atoms. The average molecular weight is 300 g/mol. The predicted octanol–water partition coefficient (Wildman–Crippen LogP) is 1.14. The first-order valence-electron chi connectivity index (χ1n) is 6.66. The number of ether oxygens (including phenoxy) is 3. The molecule has 0 saturated carbocycles. The molecule has 0 aromatic rings. The average Bonchev–Trinajstić information content (AvgIpc) is 2.83. The van der Waals surface area contributed by atoms with Gasteiger partial charge in [-0.1, -0.05) is 11.8 Å². The molecule has 0 aliphatic carbocycles. The number of hydrogen-bond donors (Lipinski definition) is 0. The number of carbonyl (C=O) groups excluding carboxylic acids is 2. The highest BCUT2D eigenvalue weighted by atomic mass is 16.6. The van der Waals surface area contributed by atoms with Gasteiger partial charge in [-0.25, -0.2) is 9.59 Å². The third-order valence-corrected chi connectivity index (χ3v) is 3.87. The van der Waals surface area contributed by atoms with Crippen molar-refractivity contribution in [2.45, 2.75) is 32.0 Å². The van der Waals surface area contributed by atoms with Crippen molar-refractivity contribution in [3.8, 4) is 24.7 Å². The molecule has 2 unspecified atom stereocenters. The van der Waals surface area contributed by atoms with Gasteiger partial charge in [-0.2, -0.15) is 0 Å². The minimum Gasteiger partial charge on any atom is -0.449 e. The summed E-state index contributed by atoms with van der Waals surface area (Å²) in [5.74, 6) is 3.04. The topological polar surface area (TPSA) is 61.8 Å². The standard InChI is InChI=1S/C17H16O5/c1-6-8-20-14(18)12-13(15(19)21-9-7-2)17(5)11(3)10-16(12,4)22-17/h1-2,10H,8-9H2,3-5H3. The van der Waals surface area contributed by atoms with Crippen molar-refractivity contribution in [1.29, 1.82) is 0 Å². The Hall–Kier alpha value is -2.50. The minimum atomic E-state index is -1.05. The summed E-state index contributed by atoms with van der Waals surface area (Å²) >= 11 is 0. The fraction of sp³-hybridized carbons (Fsp3) is 0.412. The molecule has 0 radical (unpaired) electrons. The molecule has 2 heterocycles. The van der Waals surface area contributed by atoms with E-state index in [9.17, 15) is 9.59 Å². The Morgan fingerprint density at radius 1 is 1.14 bits per heavy atom. The van der Waals surface area contributed by atoms with Crippen molar-refractivity contribution in [1.82, 2.24) is 0 Å². The largest absolute Gasteiger partial charge is 0.449 e. The van der Waals surface area contributed by atoms with Crippen molar-refractivity contribution in [2.75, 3.05) is 13.2 Å². The third-order valence-electron chi connectivity index (χ3n) is 3.87. The van der Waals surface area contributed by atoms with Gasteiger partial charge in [0.1, 0.15) is 11.2 Å². The van der Waals surface area contributed by atoms with Crippen LogP contribution in [0, 0.1) is 24.7 Å². The number of fused-ring (bicyclic) bond motifs is 2. The molecule has 0 fully saturated rings. The van der Waals surface area contributed by atoms with Crippen molar-refractivity contribution in [3.63, 3.8) is 0 Å². The summed E-state index contributed by atoms with van der Waals surface area (Å²) in [6.07, 6.45) is 12.0. The molecular weight excluding hydrogens is 284 g/mol. The highest BCUT2D eigenvalue weighted by Crippen LogP contribution is 2.53. The van der Waals surface area contributed by atoms with Crippen LogP contribution in [0.1, 0.15) is 20.8 Å². The quantitative estimate of drug-likeness (QED) is 0.443. The van der Waals surface area contributed by atoms with Crippen molar-refractivity contribution >= 4 is 11.9 Å². The van der Waals surface area contributed by atoms with Gasteiger partial charge < -0.3 is 14.2 Å². The Labute approximate surface area is 129 Å². The van der Waals surface area contributed by atoms with Crippen LogP contribution >= 0.6 is 0 Å². The van der Waals surface area contributed by atoms with E-state index in [1.807, 2.05) is 6.92 Å². The molecule has 0 spiro atoms. The molecule has 2 rings (SSSR count). The molecule has 2 aliphatic rings. The van der Waals surface area contributed by atoms with Crippen molar-refractivity contribution in [2.24, 2.45) is 0 Å². The lowest BCUT2D eigenvalue weighted by Crippen LogP contribution is -2.33. The third kappa shape index (κ3) is 2.20. The van der Waals surface area contributed by atoms with Gasteiger partial charge in [0, 0.05) is 0 Å². The highest BCUT2D eigenvalue weighted by Gasteiger charge is 2.60. The second-order valence-electron chi connectivity index (χ2n) is 5.38. The van der Waals surface area contributed by atoms with Crippen molar-refractivity contribution in [3.05, 3.63) is 22.8 Å². The highest BCUT2D eigenvalue weighted by molar-refractivity contribution is 6.06. The van der Waals surface area contributed by atoms with Gasteiger partial charge in [0.2, 0.25) is 0 Å². The lowest BCUT2D eigenvalue weighted by molar-refractivity contribution is -0.141. The summed E-state index contributed by atoms with van der Waals surface area (Å²) in [5.41, 5.74) is -1.04. The number of hydrogen-bond acceptors (Lipinski definition) is 5. The van der Waals surface area contributed by atoms with Crippen LogP contribution in [0.2, 0.25) is 0 Å². The summed E-state index contributed by atoms with van der Waals surface area (Å²) < 4.78 is 15.9. The Balaban J connectivity index is 2.49. The second kappa shape index (κ2) is 5.36. The fourth-order valence-corrected chi connectivity index (χ4v) is 2.90. The summed E-state index contributed by atoms with van der Waals surface area (Å²) in [4.78, 5) is 24.6. The zero-order valence-corrected chi connectivity index (χ0v) is 12.7. The van der Waals surface area contributed by atoms with Crippen LogP contribution < -0.4 is 0 Å². The summed E-state index contributed by atoms with van der Waals surface area (Å²) in [5, 5.41) is 0. The molecule has 5 nitrogen and oxygen atoms in total. The summed E-state index contributed by atoms with van der Waals surface area (Å²) in [7, 11) is 0. The van der Waals surface area contributed by atoms with Gasteiger partial charge in [0.25, 0.3) is 0 Å². The molecule has 2 aliphatic heterocycles. The number of rotatable bonds is 4. The molecular formula is C17H16O5. The van der Waals surface area contributed by atoms with E-state index < -0.39 is 23.1 Å². The van der Waals surface area contributed by atoms with E-state index in [0.29, 0.717) is 0 Å². The van der Waals surface area contributed by atoms with Gasteiger partial charge in [-0.15, -0.1) is 12.8 Å². The Morgan fingerprint density at radius 3 is 2.14 bits per heavy atom. The summed E-state index contributed by atoms with van der Waals surface area (Å²) in [6, 6.07) is 0. The molecule has 0 aromatic carbocycles. The van der Waals surface area contributed by atoms with Crippen molar-refractivity contribution < 1.29 is 23.8 Å². The SMILES string of the molecule is C#CCOC(=O)C1=C(C(=O)OCC#C)C2(C)OC1(C)C=C2C. The van der Waals surface area contributed by atoms with E-state index >= 15 is 0 Å². The van der Waals surface area contributed by atoms with Crippen LogP contribution in [0.15, 0.2) is 22.8 Å². The Morgan fingerprint density at radius 2 is 1.64 bits per heavy atom. The maximum absolute atomic E-state index is 12.3. The first-order valence-corrected chi connectivity index (χ1v) is 6.66. The Bertz CT molecular complexity index is 685. The predicted molar refractivity (Wildman–Crippen MR) is 78.3 cm³/mol. The Kier molecular flexibility index (Phi) is 3.87. The van der Waals surface area contributed by atoms with E-state index in [4.69, 9.17) is 27.1 Å². The van der Waals surface area contributed by atoms with Gasteiger partial charge in [-0.05, 0) is 32.4 Å². The zero-order valence-electron chi connectivity index (χ0n) is 12.7. The number of esters is 2. The monoisotopic (exact) mass is 300 g/mol. The molecule has 0 saturated heterocycles. The van der Waals surface area contributed by atoms with Gasteiger partial charge in [0.15, 0.2) is 13.2 Å². The molecule has 0 N–H and O–H groups in total. The van der Waals surface area contributed by atoms with E-state index in [0.717, 1.165) is 5.57 Å². The second-order valence-corrected chi connectivity index (χ2v) is 5.38. The molecule has 0 amide bonds.